The van der Waals surface area contributed by atoms with Gasteiger partial charge >= 0.3 is 0 Å². The third-order valence-corrected chi connectivity index (χ3v) is 4.43. The molecule has 19 heavy (non-hydrogen) atoms. The molecule has 1 aromatic carbocycles. The fourth-order valence-corrected chi connectivity index (χ4v) is 3.11. The molecule has 0 aliphatic heterocycles. The van der Waals surface area contributed by atoms with E-state index in [1.54, 1.807) is 11.1 Å². The highest BCUT2D eigenvalue weighted by molar-refractivity contribution is 7.27. The molecule has 0 amide bonds. The molecule has 0 fully saturated rings. The van der Waals surface area contributed by atoms with Crippen LogP contribution in [0.15, 0.2) is 18.2 Å². The lowest BCUT2D eigenvalue weighted by Gasteiger charge is -2.12. The predicted octanol–water partition coefficient (Wildman–Crippen LogP) is 5.43. The molecule has 0 N–H and O–H groups in total. The van der Waals surface area contributed by atoms with Gasteiger partial charge in [-0.1, -0.05) is 70.6 Å². The third kappa shape index (κ3) is 6.57. The van der Waals surface area contributed by atoms with Crippen LogP contribution in [0.3, 0.4) is 0 Å². The Labute approximate surface area is 122 Å². The SMILES string of the molecule is CCCCCCc1cccc(P)c1CCCCCC. The molecule has 0 nitrogen and oxygen atoms in total. The van der Waals surface area contributed by atoms with Gasteiger partial charge in [-0.05, 0) is 42.1 Å². The van der Waals surface area contributed by atoms with Crippen molar-refractivity contribution in [3.05, 3.63) is 29.3 Å². The van der Waals surface area contributed by atoms with Crippen molar-refractivity contribution in [2.75, 3.05) is 0 Å². The molecule has 1 unspecified atom stereocenters. The monoisotopic (exact) mass is 278 g/mol. The van der Waals surface area contributed by atoms with E-state index in [9.17, 15) is 0 Å². The van der Waals surface area contributed by atoms with Gasteiger partial charge in [0.1, 0.15) is 0 Å². The van der Waals surface area contributed by atoms with Crippen LogP contribution < -0.4 is 5.30 Å². The van der Waals surface area contributed by atoms with Crippen LogP contribution in [0.25, 0.3) is 0 Å². The number of benzene rings is 1. The van der Waals surface area contributed by atoms with Crippen molar-refractivity contribution in [1.29, 1.82) is 0 Å². The largest absolute Gasteiger partial charge is 0.105 e. The standard InChI is InChI=1S/C18H31P/c1-3-5-7-9-12-16-13-11-15-18(19)17(16)14-10-8-6-4-2/h11,13,15H,3-10,12,14,19H2,1-2H3. The maximum absolute atomic E-state index is 2.93. The Morgan fingerprint density at radius 2 is 1.42 bits per heavy atom. The van der Waals surface area contributed by atoms with Gasteiger partial charge in [0.15, 0.2) is 0 Å². The van der Waals surface area contributed by atoms with Gasteiger partial charge in [0.25, 0.3) is 0 Å². The van der Waals surface area contributed by atoms with Crippen molar-refractivity contribution in [3.63, 3.8) is 0 Å². The highest BCUT2D eigenvalue weighted by Crippen LogP contribution is 2.17. The topological polar surface area (TPSA) is 0 Å². The van der Waals surface area contributed by atoms with Gasteiger partial charge in [-0.25, -0.2) is 0 Å². The molecule has 1 atom stereocenters. The molecule has 1 rings (SSSR count). The Morgan fingerprint density at radius 1 is 0.789 bits per heavy atom. The predicted molar refractivity (Wildman–Crippen MR) is 91.5 cm³/mol. The summed E-state index contributed by atoms with van der Waals surface area (Å²) in [5.41, 5.74) is 3.21. The first-order chi connectivity index (χ1) is 9.29. The first kappa shape index (κ1) is 16.7. The highest BCUT2D eigenvalue weighted by atomic mass is 31.0. The van der Waals surface area contributed by atoms with Gasteiger partial charge in [-0.2, -0.15) is 0 Å². The second-order valence-electron chi connectivity index (χ2n) is 5.61. The zero-order valence-corrected chi connectivity index (χ0v) is 14.0. The lowest BCUT2D eigenvalue weighted by molar-refractivity contribution is 0.652. The number of hydrogen-bond donors (Lipinski definition) is 0. The fraction of sp³-hybridized carbons (Fsp3) is 0.667. The Hall–Kier alpha value is -0.350. The summed E-state index contributed by atoms with van der Waals surface area (Å²) in [6.45, 7) is 4.56. The molecule has 1 aromatic rings. The second-order valence-corrected chi connectivity index (χ2v) is 6.23. The number of hydrogen-bond acceptors (Lipinski definition) is 0. The van der Waals surface area contributed by atoms with E-state index in [1.165, 1.54) is 69.5 Å². The van der Waals surface area contributed by atoms with Gasteiger partial charge in [0, 0.05) is 0 Å². The van der Waals surface area contributed by atoms with E-state index >= 15 is 0 Å². The minimum absolute atomic E-state index is 1.27. The van der Waals surface area contributed by atoms with Gasteiger partial charge < -0.3 is 0 Å². The van der Waals surface area contributed by atoms with Gasteiger partial charge in [-0.15, -0.1) is 9.24 Å². The quantitative estimate of drug-likeness (QED) is 0.395. The average molecular weight is 278 g/mol. The number of aryl methyl sites for hydroxylation is 1. The van der Waals surface area contributed by atoms with Crippen molar-refractivity contribution < 1.29 is 0 Å². The first-order valence-corrected chi connectivity index (χ1v) is 8.73. The van der Waals surface area contributed by atoms with Crippen LogP contribution in [0.5, 0.6) is 0 Å². The van der Waals surface area contributed by atoms with Crippen LogP contribution in [0, 0.1) is 0 Å². The molecule has 0 saturated carbocycles. The zero-order valence-electron chi connectivity index (χ0n) is 12.9. The summed E-state index contributed by atoms with van der Waals surface area (Å²) in [5, 5.41) is 1.42. The van der Waals surface area contributed by atoms with Crippen molar-refractivity contribution in [3.8, 4) is 0 Å². The van der Waals surface area contributed by atoms with Crippen LogP contribution in [0.2, 0.25) is 0 Å². The lowest BCUT2D eigenvalue weighted by Crippen LogP contribution is -2.07. The van der Waals surface area contributed by atoms with Crippen LogP contribution in [-0.4, -0.2) is 0 Å². The maximum atomic E-state index is 2.93. The van der Waals surface area contributed by atoms with Crippen molar-refractivity contribution in [2.45, 2.75) is 78.1 Å². The minimum atomic E-state index is 1.27. The van der Waals surface area contributed by atoms with Gasteiger partial charge in [0.2, 0.25) is 0 Å². The minimum Gasteiger partial charge on any atom is -0.105 e. The smallest absolute Gasteiger partial charge is 0.0268 e. The van der Waals surface area contributed by atoms with Gasteiger partial charge in [0.05, 0.1) is 0 Å². The molecular weight excluding hydrogens is 247 g/mol. The van der Waals surface area contributed by atoms with Crippen LogP contribution in [-0.2, 0) is 12.8 Å². The van der Waals surface area contributed by atoms with Crippen molar-refractivity contribution >= 4 is 14.5 Å². The summed E-state index contributed by atoms with van der Waals surface area (Å²) >= 11 is 0. The van der Waals surface area contributed by atoms with E-state index in [4.69, 9.17) is 0 Å². The number of rotatable bonds is 10. The van der Waals surface area contributed by atoms with E-state index in [0.29, 0.717) is 0 Å². The first-order valence-electron chi connectivity index (χ1n) is 8.15. The van der Waals surface area contributed by atoms with E-state index in [1.807, 2.05) is 0 Å². The average Bonchev–Trinajstić information content (AvgIpc) is 2.42. The summed E-state index contributed by atoms with van der Waals surface area (Å²) in [6.07, 6.45) is 13.4. The normalized spacial score (nSPS) is 10.9. The maximum Gasteiger partial charge on any atom is -0.0268 e. The van der Waals surface area contributed by atoms with E-state index in [2.05, 4.69) is 41.3 Å². The Balaban J connectivity index is 2.51. The molecular formula is C18H31P. The van der Waals surface area contributed by atoms with E-state index < -0.39 is 0 Å². The molecule has 0 aliphatic carbocycles. The summed E-state index contributed by atoms with van der Waals surface area (Å²) < 4.78 is 0. The van der Waals surface area contributed by atoms with E-state index in [0.717, 1.165) is 0 Å². The van der Waals surface area contributed by atoms with Crippen molar-refractivity contribution in [2.24, 2.45) is 0 Å². The van der Waals surface area contributed by atoms with Gasteiger partial charge in [-0.3, -0.25) is 0 Å². The molecule has 1 heteroatoms. The number of unbranched alkanes of at least 4 members (excludes halogenated alkanes) is 6. The van der Waals surface area contributed by atoms with Crippen LogP contribution >= 0.6 is 9.24 Å². The van der Waals surface area contributed by atoms with Crippen LogP contribution in [0.4, 0.5) is 0 Å². The Morgan fingerprint density at radius 3 is 2.05 bits per heavy atom. The molecule has 0 aliphatic rings. The molecule has 108 valence electrons. The second kappa shape index (κ2) is 10.4. The van der Waals surface area contributed by atoms with Crippen molar-refractivity contribution in [1.82, 2.24) is 0 Å². The fourth-order valence-electron chi connectivity index (χ4n) is 2.66. The Bertz CT molecular complexity index is 344. The molecule has 0 bridgehead atoms. The summed E-state index contributed by atoms with van der Waals surface area (Å²) in [5.74, 6) is 0. The summed E-state index contributed by atoms with van der Waals surface area (Å²) in [7, 11) is 2.93. The molecule has 0 radical (unpaired) electrons. The summed E-state index contributed by atoms with van der Waals surface area (Å²) in [6, 6.07) is 6.80. The van der Waals surface area contributed by atoms with E-state index in [-0.39, 0.29) is 0 Å². The van der Waals surface area contributed by atoms with Crippen LogP contribution in [0.1, 0.15) is 76.3 Å². The summed E-state index contributed by atoms with van der Waals surface area (Å²) in [4.78, 5) is 0. The lowest BCUT2D eigenvalue weighted by atomic mass is 9.96. The molecule has 0 heterocycles. The molecule has 0 saturated heterocycles. The third-order valence-electron chi connectivity index (χ3n) is 3.89. The molecule has 0 spiro atoms. The zero-order chi connectivity index (χ0) is 13.9. The Kier molecular flexibility index (Phi) is 9.18. The highest BCUT2D eigenvalue weighted by Gasteiger charge is 2.05. The molecule has 0 aromatic heterocycles.